The molecule has 108 valence electrons. The van der Waals surface area contributed by atoms with Crippen LogP contribution in [0.5, 0.6) is 0 Å². The van der Waals surface area contributed by atoms with E-state index in [1.165, 1.54) is 12.8 Å². The molecule has 0 N–H and O–H groups in total. The molecule has 20 heavy (non-hydrogen) atoms. The van der Waals surface area contributed by atoms with Gasteiger partial charge in [0.05, 0.1) is 8.07 Å². The second-order valence-corrected chi connectivity index (χ2v) is 13.7. The smallest absolute Gasteiger partial charge is 0.0807 e. The first-order valence-corrected chi connectivity index (χ1v) is 11.1. The lowest BCUT2D eigenvalue weighted by atomic mass is 9.87. The van der Waals surface area contributed by atoms with Gasteiger partial charge in [-0.05, 0) is 41.2 Å². The van der Waals surface area contributed by atoms with E-state index in [4.69, 9.17) is 0 Å². The maximum absolute atomic E-state index is 2.70. The Morgan fingerprint density at radius 3 is 2.15 bits per heavy atom. The number of hydrogen-bond donors (Lipinski definition) is 0. The molecule has 0 unspecified atom stereocenters. The van der Waals surface area contributed by atoms with Crippen LogP contribution in [0.4, 0.5) is 0 Å². The maximum Gasteiger partial charge on any atom is 0.0807 e. The number of hydrogen-bond acceptors (Lipinski definition) is 0. The van der Waals surface area contributed by atoms with E-state index in [1.807, 2.05) is 5.20 Å². The van der Waals surface area contributed by atoms with Gasteiger partial charge >= 0.3 is 0 Å². The van der Waals surface area contributed by atoms with Crippen molar-refractivity contribution in [2.24, 2.45) is 11.8 Å². The lowest BCUT2D eigenvalue weighted by Crippen LogP contribution is -2.41. The van der Waals surface area contributed by atoms with E-state index in [0.29, 0.717) is 5.04 Å². The van der Waals surface area contributed by atoms with Crippen molar-refractivity contribution in [2.75, 3.05) is 0 Å². The maximum atomic E-state index is 2.70. The predicted octanol–water partition coefficient (Wildman–Crippen LogP) is 5.78. The van der Waals surface area contributed by atoms with E-state index in [2.05, 4.69) is 70.3 Å². The van der Waals surface area contributed by atoms with Crippen LogP contribution in [-0.2, 0) is 0 Å². The van der Waals surface area contributed by atoms with E-state index < -0.39 is 8.07 Å². The minimum Gasteiger partial charge on any atom is -0.0851 e. The minimum absolute atomic E-state index is 0.478. The van der Waals surface area contributed by atoms with Crippen molar-refractivity contribution in [3.63, 3.8) is 0 Å². The molecule has 1 aromatic rings. The fraction of sp³-hybridized carbons (Fsp3) is 0.579. The number of fused-ring (bicyclic) bond motifs is 2. The SMILES string of the molecule is CC(C)(C)[Si](C)(C)C1=C[C@H]2C[C@@H]1C[C@@H]2c1ccccc1. The Kier molecular flexibility index (Phi) is 3.24. The van der Waals surface area contributed by atoms with Crippen LogP contribution in [0.15, 0.2) is 41.6 Å². The molecule has 2 aliphatic carbocycles. The zero-order chi connectivity index (χ0) is 14.5. The third-order valence-corrected chi connectivity index (χ3v) is 12.0. The van der Waals surface area contributed by atoms with Crippen molar-refractivity contribution in [1.82, 2.24) is 0 Å². The average molecular weight is 285 g/mol. The van der Waals surface area contributed by atoms with Gasteiger partial charge in [-0.1, -0.05) is 75.5 Å². The van der Waals surface area contributed by atoms with E-state index in [0.717, 1.165) is 17.8 Å². The topological polar surface area (TPSA) is 0 Å². The Labute approximate surface area is 125 Å². The van der Waals surface area contributed by atoms with Gasteiger partial charge in [-0.3, -0.25) is 0 Å². The van der Waals surface area contributed by atoms with Crippen LogP contribution in [0.2, 0.25) is 18.1 Å². The molecule has 0 amide bonds. The molecule has 1 heteroatoms. The largest absolute Gasteiger partial charge is 0.0851 e. The van der Waals surface area contributed by atoms with Gasteiger partial charge in [-0.2, -0.15) is 0 Å². The first-order chi connectivity index (χ1) is 9.30. The van der Waals surface area contributed by atoms with Crippen molar-refractivity contribution in [1.29, 1.82) is 0 Å². The first kappa shape index (κ1) is 14.1. The van der Waals surface area contributed by atoms with E-state index >= 15 is 0 Å². The monoisotopic (exact) mass is 284 g/mol. The molecular weight excluding hydrogens is 256 g/mol. The number of rotatable bonds is 2. The van der Waals surface area contributed by atoms with Crippen LogP contribution in [0, 0.1) is 11.8 Å². The lowest BCUT2D eigenvalue weighted by molar-refractivity contribution is 0.578. The van der Waals surface area contributed by atoms with Gasteiger partial charge in [0, 0.05) is 0 Å². The van der Waals surface area contributed by atoms with Gasteiger partial charge in [-0.15, -0.1) is 0 Å². The second kappa shape index (κ2) is 4.59. The zero-order valence-electron chi connectivity index (χ0n) is 13.6. The van der Waals surface area contributed by atoms with E-state index in [-0.39, 0.29) is 0 Å². The fourth-order valence-corrected chi connectivity index (χ4v) is 6.86. The summed E-state index contributed by atoms with van der Waals surface area (Å²) in [6.07, 6.45) is 5.51. The summed E-state index contributed by atoms with van der Waals surface area (Å²) >= 11 is 0. The molecule has 0 heterocycles. The van der Waals surface area contributed by atoms with Crippen molar-refractivity contribution in [2.45, 2.75) is 57.7 Å². The standard InChI is InChI=1S/C19H28Si/c1-19(2,3)20(4,5)18-13-15-11-16(18)12-17(15)14-9-7-6-8-10-14/h6-10,13,15-17H,11-12H2,1-5H3/t15-,16-,17-/m1/s1. The molecule has 0 aliphatic heterocycles. The van der Waals surface area contributed by atoms with Crippen LogP contribution < -0.4 is 0 Å². The molecule has 1 aromatic carbocycles. The molecule has 3 atom stereocenters. The molecule has 2 bridgehead atoms. The molecule has 2 aliphatic rings. The Hall–Kier alpha value is -0.823. The van der Waals surface area contributed by atoms with Crippen LogP contribution >= 0.6 is 0 Å². The highest BCUT2D eigenvalue weighted by Crippen LogP contribution is 2.57. The molecule has 3 rings (SSSR count). The lowest BCUT2D eigenvalue weighted by Gasteiger charge is -2.41. The van der Waals surface area contributed by atoms with Crippen molar-refractivity contribution >= 4 is 8.07 Å². The highest BCUT2D eigenvalue weighted by atomic mass is 28.3. The van der Waals surface area contributed by atoms with Crippen LogP contribution in [0.1, 0.15) is 45.1 Å². The molecule has 0 radical (unpaired) electrons. The second-order valence-electron chi connectivity index (χ2n) is 8.35. The average Bonchev–Trinajstić information content (AvgIpc) is 2.98. The molecule has 1 fully saturated rings. The molecule has 0 saturated heterocycles. The van der Waals surface area contributed by atoms with Gasteiger partial charge in [0.15, 0.2) is 0 Å². The highest BCUT2D eigenvalue weighted by molar-refractivity contribution is 6.86. The first-order valence-electron chi connectivity index (χ1n) is 8.08. The molecule has 0 aromatic heterocycles. The third-order valence-electron chi connectivity index (χ3n) is 6.27. The highest BCUT2D eigenvalue weighted by Gasteiger charge is 2.49. The molecule has 1 saturated carbocycles. The summed E-state index contributed by atoms with van der Waals surface area (Å²) < 4.78 is 0. The van der Waals surface area contributed by atoms with Crippen molar-refractivity contribution in [3.05, 3.63) is 47.2 Å². The predicted molar refractivity (Wildman–Crippen MR) is 90.7 cm³/mol. The Bertz CT molecular complexity index is 518. The molecular formula is C19H28Si. The summed E-state index contributed by atoms with van der Waals surface area (Å²) in [6, 6.07) is 11.2. The van der Waals surface area contributed by atoms with Crippen LogP contribution in [-0.4, -0.2) is 8.07 Å². The Morgan fingerprint density at radius 2 is 1.65 bits per heavy atom. The Balaban J connectivity index is 1.87. The van der Waals surface area contributed by atoms with E-state index in [9.17, 15) is 0 Å². The van der Waals surface area contributed by atoms with Gasteiger partial charge in [0.25, 0.3) is 0 Å². The van der Waals surface area contributed by atoms with E-state index in [1.54, 1.807) is 5.56 Å². The van der Waals surface area contributed by atoms with Crippen molar-refractivity contribution in [3.8, 4) is 0 Å². The van der Waals surface area contributed by atoms with Gasteiger partial charge in [-0.25, -0.2) is 0 Å². The summed E-state index contributed by atoms with van der Waals surface area (Å²) in [5.41, 5.74) is 1.56. The summed E-state index contributed by atoms with van der Waals surface area (Å²) in [7, 11) is -1.29. The van der Waals surface area contributed by atoms with Gasteiger partial charge in [0.1, 0.15) is 0 Å². The van der Waals surface area contributed by atoms with Gasteiger partial charge in [0.2, 0.25) is 0 Å². The van der Waals surface area contributed by atoms with Crippen LogP contribution in [0.25, 0.3) is 0 Å². The summed E-state index contributed by atoms with van der Waals surface area (Å²) in [6.45, 7) is 12.5. The van der Waals surface area contributed by atoms with Crippen molar-refractivity contribution < 1.29 is 0 Å². The zero-order valence-corrected chi connectivity index (χ0v) is 14.6. The fourth-order valence-electron chi connectivity index (χ4n) is 4.11. The number of benzene rings is 1. The molecule has 0 spiro atoms. The van der Waals surface area contributed by atoms with Gasteiger partial charge < -0.3 is 0 Å². The normalized spacial score (nSPS) is 29.6. The quantitative estimate of drug-likeness (QED) is 0.603. The summed E-state index contributed by atoms with van der Waals surface area (Å²) in [5.74, 6) is 2.48. The summed E-state index contributed by atoms with van der Waals surface area (Å²) in [4.78, 5) is 0. The third kappa shape index (κ3) is 2.11. The van der Waals surface area contributed by atoms with Crippen LogP contribution in [0.3, 0.4) is 0 Å². The summed E-state index contributed by atoms with van der Waals surface area (Å²) in [5, 5.41) is 2.35. The molecule has 0 nitrogen and oxygen atoms in total. The minimum atomic E-state index is -1.29. The Morgan fingerprint density at radius 1 is 1.00 bits per heavy atom. The number of allylic oxidation sites excluding steroid dienone is 2.